The molecule has 10 heteroatoms. The summed E-state index contributed by atoms with van der Waals surface area (Å²) in [4.78, 5) is 24.3. The standard InChI is InChI=1S/C23H20F2N2O5S/c1-15-12-18(25)10-11-21(15)33(30,31)27-20-5-3-2-4-19(20)23(29)32-14-22(28)26-13-16-6-8-17(24)9-7-16/h2-12,27H,13-14H2,1H3,(H,26,28). The van der Waals surface area contributed by atoms with E-state index >= 15 is 0 Å². The fraction of sp³-hybridized carbons (Fsp3) is 0.130. The van der Waals surface area contributed by atoms with Crippen molar-refractivity contribution < 1.29 is 31.5 Å². The normalized spacial score (nSPS) is 11.0. The lowest BCUT2D eigenvalue weighted by molar-refractivity contribution is -0.124. The fourth-order valence-corrected chi connectivity index (χ4v) is 4.23. The Bertz CT molecular complexity index is 1280. The number of rotatable bonds is 8. The molecule has 0 aromatic heterocycles. The second kappa shape index (κ2) is 10.2. The van der Waals surface area contributed by atoms with Gasteiger partial charge in [-0.05, 0) is 60.5 Å². The van der Waals surface area contributed by atoms with Crippen LogP contribution >= 0.6 is 0 Å². The van der Waals surface area contributed by atoms with Crippen LogP contribution in [0.2, 0.25) is 0 Å². The van der Waals surface area contributed by atoms with Crippen molar-refractivity contribution in [3.8, 4) is 0 Å². The van der Waals surface area contributed by atoms with E-state index in [9.17, 15) is 26.8 Å². The van der Waals surface area contributed by atoms with Crippen LogP contribution in [0.15, 0.2) is 71.6 Å². The lowest BCUT2D eigenvalue weighted by Crippen LogP contribution is -2.28. The Hall–Kier alpha value is -3.79. The summed E-state index contributed by atoms with van der Waals surface area (Å²) in [7, 11) is -4.12. The van der Waals surface area contributed by atoms with Crippen LogP contribution in [0.1, 0.15) is 21.5 Å². The number of hydrogen-bond donors (Lipinski definition) is 2. The lowest BCUT2D eigenvalue weighted by atomic mass is 10.2. The molecule has 0 heterocycles. The highest BCUT2D eigenvalue weighted by molar-refractivity contribution is 7.92. The van der Waals surface area contributed by atoms with E-state index < -0.39 is 40.1 Å². The van der Waals surface area contributed by atoms with Gasteiger partial charge in [-0.1, -0.05) is 24.3 Å². The summed E-state index contributed by atoms with van der Waals surface area (Å²) in [6.07, 6.45) is 0. The number of esters is 1. The highest BCUT2D eigenvalue weighted by Gasteiger charge is 2.21. The summed E-state index contributed by atoms with van der Waals surface area (Å²) < 4.78 is 59.0. The summed E-state index contributed by atoms with van der Waals surface area (Å²) in [6.45, 7) is 0.963. The molecule has 0 aliphatic rings. The zero-order valence-corrected chi connectivity index (χ0v) is 18.3. The molecule has 0 aliphatic carbocycles. The Morgan fingerprint density at radius 3 is 2.30 bits per heavy atom. The van der Waals surface area contributed by atoms with Crippen molar-refractivity contribution in [1.29, 1.82) is 0 Å². The van der Waals surface area contributed by atoms with E-state index in [1.54, 1.807) is 0 Å². The van der Waals surface area contributed by atoms with Crippen molar-refractivity contribution in [2.75, 3.05) is 11.3 Å². The van der Waals surface area contributed by atoms with Gasteiger partial charge in [-0.15, -0.1) is 0 Å². The summed E-state index contributed by atoms with van der Waals surface area (Å²) in [6, 6.07) is 14.5. The highest BCUT2D eigenvalue weighted by Crippen LogP contribution is 2.23. The number of para-hydroxylation sites is 1. The Balaban J connectivity index is 1.64. The lowest BCUT2D eigenvalue weighted by Gasteiger charge is -2.13. The topological polar surface area (TPSA) is 102 Å². The zero-order chi connectivity index (χ0) is 24.0. The minimum atomic E-state index is -4.12. The third-order valence-corrected chi connectivity index (χ3v) is 6.08. The monoisotopic (exact) mass is 474 g/mol. The molecule has 0 unspecified atom stereocenters. The van der Waals surface area contributed by atoms with Gasteiger partial charge in [0, 0.05) is 6.54 Å². The largest absolute Gasteiger partial charge is 0.452 e. The molecule has 0 fully saturated rings. The Kier molecular flexibility index (Phi) is 7.39. The number of aryl methyl sites for hydroxylation is 1. The first-order valence-electron chi connectivity index (χ1n) is 9.72. The van der Waals surface area contributed by atoms with Gasteiger partial charge in [0.25, 0.3) is 15.9 Å². The van der Waals surface area contributed by atoms with E-state index in [1.165, 1.54) is 55.5 Å². The van der Waals surface area contributed by atoms with Gasteiger partial charge in [0.2, 0.25) is 0 Å². The molecule has 0 radical (unpaired) electrons. The molecule has 3 aromatic rings. The summed E-state index contributed by atoms with van der Waals surface area (Å²) in [5.74, 6) is -2.48. The zero-order valence-electron chi connectivity index (χ0n) is 17.5. The number of ether oxygens (including phenoxy) is 1. The van der Waals surface area contributed by atoms with Gasteiger partial charge in [0.15, 0.2) is 6.61 Å². The maximum absolute atomic E-state index is 13.3. The van der Waals surface area contributed by atoms with Crippen molar-refractivity contribution in [2.45, 2.75) is 18.4 Å². The van der Waals surface area contributed by atoms with Gasteiger partial charge >= 0.3 is 5.97 Å². The van der Waals surface area contributed by atoms with Gasteiger partial charge in [0.1, 0.15) is 11.6 Å². The third-order valence-electron chi connectivity index (χ3n) is 4.56. The van der Waals surface area contributed by atoms with E-state index in [1.807, 2.05) is 0 Å². The van der Waals surface area contributed by atoms with Crippen molar-refractivity contribution in [3.05, 3.63) is 95.1 Å². The number of carbonyl (C=O) groups is 2. The fourth-order valence-electron chi connectivity index (χ4n) is 2.93. The smallest absolute Gasteiger partial charge is 0.340 e. The van der Waals surface area contributed by atoms with Gasteiger partial charge in [-0.2, -0.15) is 0 Å². The van der Waals surface area contributed by atoms with Gasteiger partial charge < -0.3 is 10.1 Å². The molecule has 0 saturated heterocycles. The number of carbonyl (C=O) groups excluding carboxylic acids is 2. The predicted molar refractivity (Wildman–Crippen MR) is 117 cm³/mol. The average molecular weight is 474 g/mol. The van der Waals surface area contributed by atoms with Crippen molar-refractivity contribution in [3.63, 3.8) is 0 Å². The van der Waals surface area contributed by atoms with Gasteiger partial charge in [-0.3, -0.25) is 9.52 Å². The molecule has 1 amide bonds. The molecule has 0 saturated carbocycles. The van der Waals surface area contributed by atoms with E-state index in [-0.39, 0.29) is 28.3 Å². The van der Waals surface area contributed by atoms with Crippen LogP contribution in [0, 0.1) is 18.6 Å². The van der Waals surface area contributed by atoms with Crippen LogP contribution in [-0.4, -0.2) is 26.9 Å². The molecular weight excluding hydrogens is 454 g/mol. The Morgan fingerprint density at radius 2 is 1.61 bits per heavy atom. The van der Waals surface area contributed by atoms with Gasteiger partial charge in [0.05, 0.1) is 16.1 Å². The molecule has 2 N–H and O–H groups in total. The molecule has 0 atom stereocenters. The first-order chi connectivity index (χ1) is 15.7. The second-order valence-corrected chi connectivity index (χ2v) is 8.69. The summed E-state index contributed by atoms with van der Waals surface area (Å²) in [5, 5.41) is 2.53. The van der Waals surface area contributed by atoms with Crippen molar-refractivity contribution >= 4 is 27.6 Å². The van der Waals surface area contributed by atoms with Crippen molar-refractivity contribution in [1.82, 2.24) is 5.32 Å². The van der Waals surface area contributed by atoms with Gasteiger partial charge in [-0.25, -0.2) is 22.0 Å². The quantitative estimate of drug-likeness (QED) is 0.487. The van der Waals surface area contributed by atoms with Crippen LogP contribution in [0.4, 0.5) is 14.5 Å². The van der Waals surface area contributed by atoms with Crippen LogP contribution in [0.25, 0.3) is 0 Å². The van der Waals surface area contributed by atoms with Crippen LogP contribution < -0.4 is 10.0 Å². The highest BCUT2D eigenvalue weighted by atomic mass is 32.2. The number of nitrogens with one attached hydrogen (secondary N) is 2. The predicted octanol–water partition coefficient (Wildman–Crippen LogP) is 3.55. The number of halogens is 2. The number of hydrogen-bond acceptors (Lipinski definition) is 5. The first kappa shape index (κ1) is 23.9. The molecule has 172 valence electrons. The molecule has 33 heavy (non-hydrogen) atoms. The Labute approximate surface area is 189 Å². The first-order valence-corrected chi connectivity index (χ1v) is 11.2. The maximum atomic E-state index is 13.3. The van der Waals surface area contributed by atoms with Crippen molar-refractivity contribution in [2.24, 2.45) is 0 Å². The van der Waals surface area contributed by atoms with Crippen LogP contribution in [0.5, 0.6) is 0 Å². The minimum absolute atomic E-state index is 0.0575. The van der Waals surface area contributed by atoms with E-state index in [0.717, 1.165) is 18.2 Å². The summed E-state index contributed by atoms with van der Waals surface area (Å²) >= 11 is 0. The molecule has 7 nitrogen and oxygen atoms in total. The molecule has 3 rings (SSSR count). The summed E-state index contributed by atoms with van der Waals surface area (Å²) in [5.41, 5.74) is 0.692. The maximum Gasteiger partial charge on any atom is 0.340 e. The number of benzene rings is 3. The molecule has 0 aliphatic heterocycles. The van der Waals surface area contributed by atoms with E-state index in [2.05, 4.69) is 10.0 Å². The Morgan fingerprint density at radius 1 is 0.939 bits per heavy atom. The van der Waals surface area contributed by atoms with Crippen LogP contribution in [0.3, 0.4) is 0 Å². The number of sulfonamides is 1. The van der Waals surface area contributed by atoms with E-state index in [0.29, 0.717) is 5.56 Å². The SMILES string of the molecule is Cc1cc(F)ccc1S(=O)(=O)Nc1ccccc1C(=O)OCC(=O)NCc1ccc(F)cc1. The average Bonchev–Trinajstić information content (AvgIpc) is 2.77. The van der Waals surface area contributed by atoms with Crippen LogP contribution in [-0.2, 0) is 26.1 Å². The van der Waals surface area contributed by atoms with E-state index in [4.69, 9.17) is 4.74 Å². The molecule has 3 aromatic carbocycles. The minimum Gasteiger partial charge on any atom is -0.452 e. The number of anilines is 1. The second-order valence-electron chi connectivity index (χ2n) is 7.04. The number of amides is 1. The molecular formula is C23H20F2N2O5S. The molecule has 0 spiro atoms. The molecule has 0 bridgehead atoms. The third kappa shape index (κ3) is 6.36.